The Kier molecular flexibility index (Phi) is 3.10. The highest BCUT2D eigenvalue weighted by Gasteiger charge is 2.35. The Morgan fingerprint density at radius 1 is 1.09 bits per heavy atom. The number of phenols is 2. The summed E-state index contributed by atoms with van der Waals surface area (Å²) in [5.41, 5.74) is 5.38. The lowest BCUT2D eigenvalue weighted by Gasteiger charge is -2.41. The van der Waals surface area contributed by atoms with Crippen LogP contribution in [0.3, 0.4) is 0 Å². The predicted molar refractivity (Wildman–Crippen MR) is 84.0 cm³/mol. The van der Waals surface area contributed by atoms with E-state index in [2.05, 4.69) is 11.0 Å². The van der Waals surface area contributed by atoms with Crippen molar-refractivity contribution in [2.45, 2.75) is 18.9 Å². The quantitative estimate of drug-likeness (QED) is 0.744. The van der Waals surface area contributed by atoms with E-state index in [9.17, 15) is 15.3 Å². The van der Waals surface area contributed by atoms with Gasteiger partial charge in [-0.05, 0) is 41.2 Å². The second-order valence-electron chi connectivity index (χ2n) is 6.08. The first-order valence-corrected chi connectivity index (χ1v) is 7.71. The minimum absolute atomic E-state index is 0.0244. The van der Waals surface area contributed by atoms with E-state index in [1.54, 1.807) is 6.07 Å². The fraction of sp³-hybridized carbons (Fsp3) is 0.333. The molecule has 0 aromatic heterocycles. The van der Waals surface area contributed by atoms with Gasteiger partial charge in [-0.15, -0.1) is 0 Å². The zero-order chi connectivity index (χ0) is 15.3. The fourth-order valence-corrected chi connectivity index (χ4v) is 3.97. The van der Waals surface area contributed by atoms with E-state index in [-0.39, 0.29) is 24.1 Å². The van der Waals surface area contributed by atoms with Crippen LogP contribution in [0.5, 0.6) is 11.5 Å². The first-order valence-electron chi connectivity index (χ1n) is 7.71. The monoisotopic (exact) mass is 297 g/mol. The second kappa shape index (κ2) is 5.00. The summed E-state index contributed by atoms with van der Waals surface area (Å²) in [5, 5.41) is 29.5. The van der Waals surface area contributed by atoms with Crippen LogP contribution in [0, 0.1) is 0 Å². The maximum Gasteiger partial charge on any atom is 0.165 e. The van der Waals surface area contributed by atoms with Gasteiger partial charge in [0.2, 0.25) is 0 Å². The molecular weight excluding hydrogens is 278 g/mol. The highest BCUT2D eigenvalue weighted by Crippen LogP contribution is 2.50. The van der Waals surface area contributed by atoms with Gasteiger partial charge in [-0.2, -0.15) is 0 Å². The summed E-state index contributed by atoms with van der Waals surface area (Å²) in [4.78, 5) is 2.32. The zero-order valence-electron chi connectivity index (χ0n) is 12.3. The average Bonchev–Trinajstić information content (AvgIpc) is 2.53. The molecule has 2 aromatic carbocycles. The topological polar surface area (TPSA) is 63.9 Å². The van der Waals surface area contributed by atoms with Crippen molar-refractivity contribution in [1.29, 1.82) is 0 Å². The van der Waals surface area contributed by atoms with Crippen molar-refractivity contribution < 1.29 is 15.3 Å². The number of aromatic hydroxyl groups is 2. The van der Waals surface area contributed by atoms with Crippen LogP contribution in [0.25, 0.3) is 11.1 Å². The van der Waals surface area contributed by atoms with E-state index in [4.69, 9.17) is 0 Å². The van der Waals surface area contributed by atoms with E-state index in [0.717, 1.165) is 36.1 Å². The van der Waals surface area contributed by atoms with Crippen LogP contribution in [-0.2, 0) is 12.8 Å². The predicted octanol–water partition coefficient (Wildman–Crippen LogP) is 2.21. The van der Waals surface area contributed by atoms with E-state index in [1.165, 1.54) is 11.1 Å². The third kappa shape index (κ3) is 1.84. The minimum Gasteiger partial charge on any atom is -0.504 e. The van der Waals surface area contributed by atoms with E-state index < -0.39 is 0 Å². The Morgan fingerprint density at radius 2 is 1.95 bits per heavy atom. The summed E-state index contributed by atoms with van der Waals surface area (Å²) in [6.07, 6.45) is 1.75. The number of fused-ring (bicyclic) bond motifs is 2. The van der Waals surface area contributed by atoms with Gasteiger partial charge in [0.05, 0.1) is 6.61 Å². The van der Waals surface area contributed by atoms with Crippen molar-refractivity contribution in [3.8, 4) is 22.6 Å². The van der Waals surface area contributed by atoms with Crippen molar-refractivity contribution in [1.82, 2.24) is 4.90 Å². The lowest BCUT2D eigenvalue weighted by molar-refractivity contribution is 0.140. The Balaban J connectivity index is 1.95. The molecule has 4 rings (SSSR count). The van der Waals surface area contributed by atoms with Crippen LogP contribution in [0.2, 0.25) is 0 Å². The molecule has 0 saturated carbocycles. The number of rotatable bonds is 2. The zero-order valence-corrected chi connectivity index (χ0v) is 12.3. The molecule has 114 valence electrons. The molecule has 0 amide bonds. The molecular formula is C18H19NO3. The summed E-state index contributed by atoms with van der Waals surface area (Å²) in [6.45, 7) is 1.76. The maximum atomic E-state index is 10.3. The number of β-amino-alcohol motifs (C(OH)–C–C–N with tert-alkyl or cyclic N) is 1. The molecule has 1 aliphatic carbocycles. The van der Waals surface area contributed by atoms with Gasteiger partial charge >= 0.3 is 0 Å². The lowest BCUT2D eigenvalue weighted by atomic mass is 9.77. The smallest absolute Gasteiger partial charge is 0.165 e. The summed E-state index contributed by atoms with van der Waals surface area (Å²) in [7, 11) is 0. The summed E-state index contributed by atoms with van der Waals surface area (Å²) < 4.78 is 0. The van der Waals surface area contributed by atoms with Crippen molar-refractivity contribution in [2.75, 3.05) is 19.7 Å². The number of hydrogen-bond acceptors (Lipinski definition) is 4. The molecule has 1 atom stereocenters. The van der Waals surface area contributed by atoms with Crippen LogP contribution in [0.15, 0.2) is 30.3 Å². The molecule has 4 nitrogen and oxygen atoms in total. The summed E-state index contributed by atoms with van der Waals surface area (Å²) >= 11 is 0. The maximum absolute atomic E-state index is 10.3. The molecule has 1 aliphatic heterocycles. The average molecular weight is 297 g/mol. The first-order chi connectivity index (χ1) is 10.7. The van der Waals surface area contributed by atoms with Crippen LogP contribution >= 0.6 is 0 Å². The van der Waals surface area contributed by atoms with Gasteiger partial charge in [0.25, 0.3) is 0 Å². The molecule has 0 spiro atoms. The molecule has 0 radical (unpaired) electrons. The Hall–Kier alpha value is -2.04. The molecule has 0 saturated heterocycles. The number of hydrogen-bond donors (Lipinski definition) is 3. The molecule has 2 aromatic rings. The van der Waals surface area contributed by atoms with E-state index in [0.29, 0.717) is 6.54 Å². The second-order valence-corrected chi connectivity index (χ2v) is 6.08. The largest absolute Gasteiger partial charge is 0.504 e. The number of phenolic OH excluding ortho intramolecular Hbond substituents is 2. The third-order valence-corrected chi connectivity index (χ3v) is 4.95. The molecule has 22 heavy (non-hydrogen) atoms. The van der Waals surface area contributed by atoms with E-state index >= 15 is 0 Å². The van der Waals surface area contributed by atoms with Crippen LogP contribution < -0.4 is 0 Å². The van der Waals surface area contributed by atoms with Crippen molar-refractivity contribution in [3.63, 3.8) is 0 Å². The molecule has 4 heteroatoms. The van der Waals surface area contributed by atoms with Gasteiger partial charge in [0, 0.05) is 24.7 Å². The molecule has 0 fully saturated rings. The van der Waals surface area contributed by atoms with E-state index in [1.807, 2.05) is 18.2 Å². The summed E-state index contributed by atoms with van der Waals surface area (Å²) in [6, 6.07) is 9.88. The molecule has 0 unspecified atom stereocenters. The molecule has 3 N–H and O–H groups in total. The number of aliphatic hydroxyl groups is 1. The Morgan fingerprint density at radius 3 is 2.77 bits per heavy atom. The Labute approximate surface area is 129 Å². The van der Waals surface area contributed by atoms with Gasteiger partial charge in [-0.25, -0.2) is 0 Å². The first kappa shape index (κ1) is 13.6. The van der Waals surface area contributed by atoms with Crippen molar-refractivity contribution >= 4 is 0 Å². The van der Waals surface area contributed by atoms with Gasteiger partial charge < -0.3 is 15.3 Å². The molecule has 0 bridgehead atoms. The third-order valence-electron chi connectivity index (χ3n) is 4.95. The molecule has 1 heterocycles. The van der Waals surface area contributed by atoms with Gasteiger partial charge in [0.1, 0.15) is 0 Å². The SMILES string of the molecule is OCCN1CCc2cccc3c2[C@H]1Cc1ccc(O)c(O)c1-3. The van der Waals surface area contributed by atoms with Gasteiger partial charge in [0.15, 0.2) is 11.5 Å². The Bertz CT molecular complexity index is 741. The fourth-order valence-electron chi connectivity index (χ4n) is 3.97. The minimum atomic E-state index is -0.0715. The number of nitrogens with zero attached hydrogens (tertiary/aromatic N) is 1. The number of benzene rings is 2. The highest BCUT2D eigenvalue weighted by molar-refractivity contribution is 5.82. The summed E-state index contributed by atoms with van der Waals surface area (Å²) in [5.74, 6) is -0.0959. The normalized spacial score (nSPS) is 19.6. The number of aliphatic hydroxyl groups excluding tert-OH is 1. The van der Waals surface area contributed by atoms with Crippen LogP contribution in [-0.4, -0.2) is 39.9 Å². The lowest BCUT2D eigenvalue weighted by Crippen LogP contribution is -2.39. The van der Waals surface area contributed by atoms with Crippen molar-refractivity contribution in [3.05, 3.63) is 47.0 Å². The van der Waals surface area contributed by atoms with Crippen molar-refractivity contribution in [2.24, 2.45) is 0 Å². The van der Waals surface area contributed by atoms with Crippen LogP contribution in [0.1, 0.15) is 22.7 Å². The molecule has 2 aliphatic rings. The standard InChI is InChI=1S/C18H19NO3/c20-9-8-19-7-6-11-2-1-3-13-16(11)14(19)10-12-4-5-15(21)18(22)17(12)13/h1-5,14,20-22H,6-10H2/t14-/m1/s1. The highest BCUT2D eigenvalue weighted by atomic mass is 16.3. The van der Waals surface area contributed by atoms with Gasteiger partial charge in [-0.1, -0.05) is 24.3 Å². The van der Waals surface area contributed by atoms with Crippen LogP contribution in [0.4, 0.5) is 0 Å². The van der Waals surface area contributed by atoms with Gasteiger partial charge in [-0.3, -0.25) is 4.90 Å².